The van der Waals surface area contributed by atoms with E-state index in [4.69, 9.17) is 9.31 Å². The first-order valence-corrected chi connectivity index (χ1v) is 13.5. The van der Waals surface area contributed by atoms with Gasteiger partial charge in [0.15, 0.2) is 0 Å². The molecule has 0 bridgehead atoms. The third-order valence-corrected chi connectivity index (χ3v) is 8.35. The molecule has 0 spiro atoms. The third kappa shape index (κ3) is 4.42. The van der Waals surface area contributed by atoms with E-state index >= 15 is 0 Å². The molecule has 1 saturated heterocycles. The number of hydrogen-bond donors (Lipinski definition) is 0. The zero-order valence-corrected chi connectivity index (χ0v) is 23.1. The topological polar surface area (TPSA) is 18.5 Å². The fourth-order valence-corrected chi connectivity index (χ4v) is 5.42. The van der Waals surface area contributed by atoms with Gasteiger partial charge < -0.3 is 9.31 Å². The van der Waals surface area contributed by atoms with Crippen LogP contribution in [0.4, 0.5) is 0 Å². The SMILES string of the molecule is C=C(/C=c1/ccc(-c2ccc(-c3cccc4ccccc34)c3ccccc23)cc1=C)B1OC(C)(C)C(C)(C)O1. The predicted octanol–water partition coefficient (Wildman–Crippen LogP) is 7.71. The van der Waals surface area contributed by atoms with Crippen molar-refractivity contribution in [2.75, 3.05) is 0 Å². The van der Waals surface area contributed by atoms with E-state index in [2.05, 4.69) is 138 Å². The van der Waals surface area contributed by atoms with Crippen LogP contribution in [0.5, 0.6) is 0 Å². The highest BCUT2D eigenvalue weighted by Crippen LogP contribution is 2.39. The Kier molecular flexibility index (Phi) is 6.10. The molecule has 6 rings (SSSR count). The van der Waals surface area contributed by atoms with Gasteiger partial charge in [-0.05, 0) is 93.5 Å². The fraction of sp³-hybridized carbons (Fsp3) is 0.167. The maximum atomic E-state index is 6.18. The highest BCUT2D eigenvalue weighted by molar-refractivity contribution is 6.57. The summed E-state index contributed by atoms with van der Waals surface area (Å²) in [5.74, 6) is 0. The van der Waals surface area contributed by atoms with Crippen molar-refractivity contribution in [2.24, 2.45) is 0 Å². The summed E-state index contributed by atoms with van der Waals surface area (Å²) in [5.41, 5.74) is 4.81. The highest BCUT2D eigenvalue weighted by atomic mass is 16.7. The molecule has 0 unspecified atom stereocenters. The second-order valence-electron chi connectivity index (χ2n) is 11.5. The Morgan fingerprint density at radius 2 is 1.23 bits per heavy atom. The molecule has 3 heteroatoms. The van der Waals surface area contributed by atoms with E-state index in [9.17, 15) is 0 Å². The van der Waals surface area contributed by atoms with Crippen LogP contribution in [-0.4, -0.2) is 18.3 Å². The summed E-state index contributed by atoms with van der Waals surface area (Å²) in [7, 11) is -0.473. The van der Waals surface area contributed by atoms with Gasteiger partial charge in [0.05, 0.1) is 11.2 Å². The standard InChI is InChI=1S/C36H33BO2/c1-24-22-28(19-18-27(24)23-25(2)37-38-35(3,4)36(5,6)39-37)30-20-21-34(33-16-10-9-15-31(30)33)32-17-11-13-26-12-7-8-14-29(26)32/h7-23H,1-2H2,3-6H3/b27-23-. The number of rotatable bonds is 4. The summed E-state index contributed by atoms with van der Waals surface area (Å²) >= 11 is 0. The van der Waals surface area contributed by atoms with E-state index < -0.39 is 18.3 Å². The Morgan fingerprint density at radius 3 is 1.92 bits per heavy atom. The first-order valence-electron chi connectivity index (χ1n) is 13.5. The van der Waals surface area contributed by atoms with Crippen LogP contribution in [0.1, 0.15) is 27.7 Å². The minimum absolute atomic E-state index is 0.398. The van der Waals surface area contributed by atoms with Gasteiger partial charge in [0, 0.05) is 0 Å². The van der Waals surface area contributed by atoms with E-state index in [1.807, 2.05) is 6.08 Å². The molecule has 0 N–H and O–H groups in total. The van der Waals surface area contributed by atoms with E-state index in [1.54, 1.807) is 0 Å². The van der Waals surface area contributed by atoms with Crippen molar-refractivity contribution in [1.29, 1.82) is 0 Å². The smallest absolute Gasteiger partial charge is 0.399 e. The molecule has 1 fully saturated rings. The first-order chi connectivity index (χ1) is 18.6. The Bertz CT molecular complexity index is 1840. The number of fused-ring (bicyclic) bond motifs is 2. The van der Waals surface area contributed by atoms with E-state index in [1.165, 1.54) is 38.2 Å². The highest BCUT2D eigenvalue weighted by Gasteiger charge is 2.51. The monoisotopic (exact) mass is 508 g/mol. The van der Waals surface area contributed by atoms with Crippen LogP contribution in [0.3, 0.4) is 0 Å². The van der Waals surface area contributed by atoms with E-state index in [0.29, 0.717) is 0 Å². The summed E-state index contributed by atoms with van der Waals surface area (Å²) in [6.07, 6.45) is 2.02. The lowest BCUT2D eigenvalue weighted by Crippen LogP contribution is -2.41. The molecular weight excluding hydrogens is 475 g/mol. The van der Waals surface area contributed by atoms with Gasteiger partial charge in [0.2, 0.25) is 0 Å². The molecule has 5 aromatic carbocycles. The first kappa shape index (κ1) is 25.4. The lowest BCUT2D eigenvalue weighted by Gasteiger charge is -2.32. The van der Waals surface area contributed by atoms with Gasteiger partial charge in [0.25, 0.3) is 0 Å². The molecular formula is C36H33BO2. The molecule has 0 amide bonds. The van der Waals surface area contributed by atoms with Gasteiger partial charge in [-0.3, -0.25) is 0 Å². The molecule has 39 heavy (non-hydrogen) atoms. The molecule has 1 aliphatic heterocycles. The molecule has 5 aromatic rings. The van der Waals surface area contributed by atoms with Crippen LogP contribution in [-0.2, 0) is 9.31 Å². The Labute approximate surface area is 231 Å². The second-order valence-corrected chi connectivity index (χ2v) is 11.5. The second kappa shape index (κ2) is 9.38. The zero-order chi connectivity index (χ0) is 27.4. The van der Waals surface area contributed by atoms with Crippen molar-refractivity contribution < 1.29 is 9.31 Å². The molecule has 0 saturated carbocycles. The van der Waals surface area contributed by atoms with Gasteiger partial charge in [0.1, 0.15) is 0 Å². The molecule has 0 aliphatic carbocycles. The van der Waals surface area contributed by atoms with Gasteiger partial charge in [-0.15, -0.1) is 0 Å². The fourth-order valence-electron chi connectivity index (χ4n) is 5.42. The van der Waals surface area contributed by atoms with Gasteiger partial charge in [-0.1, -0.05) is 110 Å². The van der Waals surface area contributed by atoms with Crippen LogP contribution in [0.2, 0.25) is 0 Å². The maximum Gasteiger partial charge on any atom is 0.494 e. The molecule has 0 radical (unpaired) electrons. The Hall–Kier alpha value is -3.92. The van der Waals surface area contributed by atoms with Crippen LogP contribution in [0.15, 0.2) is 109 Å². The van der Waals surface area contributed by atoms with Crippen LogP contribution >= 0.6 is 0 Å². The quantitative estimate of drug-likeness (QED) is 0.232. The van der Waals surface area contributed by atoms with Crippen molar-refractivity contribution in [3.8, 4) is 22.3 Å². The maximum absolute atomic E-state index is 6.18. The van der Waals surface area contributed by atoms with Crippen molar-refractivity contribution >= 4 is 41.3 Å². The number of allylic oxidation sites excluding steroid dienone is 1. The predicted molar refractivity (Wildman–Crippen MR) is 167 cm³/mol. The minimum atomic E-state index is -0.473. The van der Waals surface area contributed by atoms with Gasteiger partial charge in [-0.25, -0.2) is 0 Å². The van der Waals surface area contributed by atoms with Crippen molar-refractivity contribution in [2.45, 2.75) is 38.9 Å². The van der Waals surface area contributed by atoms with Crippen molar-refractivity contribution in [1.82, 2.24) is 0 Å². The summed E-state index contributed by atoms with van der Waals surface area (Å²) < 4.78 is 12.4. The minimum Gasteiger partial charge on any atom is -0.399 e. The van der Waals surface area contributed by atoms with Crippen LogP contribution in [0, 0.1) is 0 Å². The molecule has 2 nitrogen and oxygen atoms in total. The summed E-state index contributed by atoms with van der Waals surface area (Å²) in [5, 5.41) is 6.92. The summed E-state index contributed by atoms with van der Waals surface area (Å²) in [4.78, 5) is 0. The number of hydrogen-bond acceptors (Lipinski definition) is 2. The van der Waals surface area contributed by atoms with Gasteiger partial charge >= 0.3 is 7.12 Å². The summed E-state index contributed by atoms with van der Waals surface area (Å²) in [6.45, 7) is 16.8. The molecule has 0 aromatic heterocycles. The van der Waals surface area contributed by atoms with Crippen LogP contribution in [0.25, 0.3) is 56.5 Å². The normalized spacial score (nSPS) is 16.7. The summed E-state index contributed by atoms with van der Waals surface area (Å²) in [6, 6.07) is 34.7. The molecule has 0 atom stereocenters. The van der Waals surface area contributed by atoms with Crippen molar-refractivity contribution in [3.63, 3.8) is 0 Å². The van der Waals surface area contributed by atoms with Crippen molar-refractivity contribution in [3.05, 3.63) is 120 Å². The third-order valence-electron chi connectivity index (χ3n) is 8.35. The van der Waals surface area contributed by atoms with Gasteiger partial charge in [-0.2, -0.15) is 0 Å². The molecule has 1 heterocycles. The van der Waals surface area contributed by atoms with E-state index in [0.717, 1.165) is 21.5 Å². The van der Waals surface area contributed by atoms with Crippen LogP contribution < -0.4 is 10.4 Å². The molecule has 1 aliphatic rings. The van der Waals surface area contributed by atoms with E-state index in [-0.39, 0.29) is 0 Å². The largest absolute Gasteiger partial charge is 0.494 e. The lowest BCUT2D eigenvalue weighted by molar-refractivity contribution is 0.00578. The Morgan fingerprint density at radius 1 is 0.667 bits per heavy atom. The average molecular weight is 508 g/mol. The molecule has 192 valence electrons. The average Bonchev–Trinajstić information content (AvgIpc) is 3.15. The Balaban J connectivity index is 1.40. The zero-order valence-electron chi connectivity index (χ0n) is 23.1. The lowest BCUT2D eigenvalue weighted by atomic mass is 9.79. The number of benzene rings is 5.